The fourth-order valence-corrected chi connectivity index (χ4v) is 2.41. The van der Waals surface area contributed by atoms with Crippen LogP contribution in [0.5, 0.6) is 0 Å². The summed E-state index contributed by atoms with van der Waals surface area (Å²) >= 11 is 0. The zero-order chi connectivity index (χ0) is 15.2. The van der Waals surface area contributed by atoms with E-state index < -0.39 is 0 Å². The Kier molecular flexibility index (Phi) is 5.92. The molecule has 2 saturated heterocycles. The third-order valence-corrected chi connectivity index (χ3v) is 3.89. The fraction of sp³-hybridized carbons (Fsp3) is 0.846. The molecule has 0 aromatic carbocycles. The summed E-state index contributed by atoms with van der Waals surface area (Å²) in [6.07, 6.45) is -0.126. The Bertz CT molecular complexity index is 328. The van der Waals surface area contributed by atoms with Crippen LogP contribution in [0.2, 0.25) is 0 Å². The Morgan fingerprint density at radius 2 is 1.05 bits per heavy atom. The fourth-order valence-electron chi connectivity index (χ4n) is 2.41. The minimum atomic E-state index is -0.244. The maximum atomic E-state index is 11.8. The molecular formula is C13H26N6O2. The third-order valence-electron chi connectivity index (χ3n) is 3.89. The second-order valence-corrected chi connectivity index (χ2v) is 5.83. The molecule has 2 rings (SSSR count). The lowest BCUT2D eigenvalue weighted by Crippen LogP contribution is -2.55. The van der Waals surface area contributed by atoms with Crippen LogP contribution < -0.4 is 10.9 Å². The predicted octanol–water partition coefficient (Wildman–Crippen LogP) is -2.07. The van der Waals surface area contributed by atoms with Crippen molar-refractivity contribution in [2.75, 3.05) is 66.5 Å². The summed E-state index contributed by atoms with van der Waals surface area (Å²) < 4.78 is 0. The number of piperazine rings is 2. The molecule has 2 N–H and O–H groups in total. The number of hydrazine groups is 2. The van der Waals surface area contributed by atoms with Crippen molar-refractivity contribution in [1.29, 1.82) is 0 Å². The van der Waals surface area contributed by atoms with E-state index in [0.717, 1.165) is 52.4 Å². The number of hydrogen-bond donors (Lipinski definition) is 2. The van der Waals surface area contributed by atoms with Crippen molar-refractivity contribution in [2.24, 2.45) is 0 Å². The molecule has 0 unspecified atom stereocenters. The molecule has 0 saturated carbocycles. The molecular weight excluding hydrogens is 272 g/mol. The van der Waals surface area contributed by atoms with Crippen molar-refractivity contribution in [1.82, 2.24) is 30.7 Å². The van der Waals surface area contributed by atoms with Crippen molar-refractivity contribution in [3.63, 3.8) is 0 Å². The van der Waals surface area contributed by atoms with Crippen LogP contribution in [0.3, 0.4) is 0 Å². The quantitative estimate of drug-likeness (QED) is 0.581. The second-order valence-electron chi connectivity index (χ2n) is 5.83. The maximum Gasteiger partial charge on any atom is 0.243 e. The van der Waals surface area contributed by atoms with E-state index in [1.165, 1.54) is 0 Å². The number of amides is 2. The molecule has 0 aromatic rings. The molecule has 0 radical (unpaired) electrons. The number of rotatable bonds is 4. The lowest BCUT2D eigenvalue weighted by molar-refractivity contribution is -0.135. The topological polar surface area (TPSA) is 71.2 Å². The number of nitrogens with zero attached hydrogens (tertiary/aromatic N) is 4. The van der Waals surface area contributed by atoms with Gasteiger partial charge < -0.3 is 9.80 Å². The van der Waals surface area contributed by atoms with E-state index in [9.17, 15) is 9.59 Å². The van der Waals surface area contributed by atoms with Gasteiger partial charge in [-0.15, -0.1) is 0 Å². The lowest BCUT2D eigenvalue weighted by atomic mass is 10.3. The summed E-state index contributed by atoms with van der Waals surface area (Å²) in [5, 5.41) is 3.76. The molecule has 0 bridgehead atoms. The van der Waals surface area contributed by atoms with E-state index in [0.29, 0.717) is 0 Å². The number of carbonyl (C=O) groups excluding carboxylic acids is 2. The Morgan fingerprint density at radius 3 is 1.38 bits per heavy atom. The smallest absolute Gasteiger partial charge is 0.243 e. The van der Waals surface area contributed by atoms with Crippen LogP contribution in [-0.2, 0) is 9.59 Å². The normalized spacial score (nSPS) is 23.0. The summed E-state index contributed by atoms with van der Waals surface area (Å²) in [6, 6.07) is 0. The van der Waals surface area contributed by atoms with Gasteiger partial charge in [0.15, 0.2) is 0 Å². The first kappa shape index (κ1) is 16.2. The van der Waals surface area contributed by atoms with E-state index in [4.69, 9.17) is 0 Å². The standard InChI is InChI=1S/C13H26N6O2/c1-16-3-7-18(8-4-16)14-12(20)11-13(21)15-19-9-5-17(2)6-10-19/h3-11H2,1-2H3,(H,14,20)(H,15,21). The van der Waals surface area contributed by atoms with E-state index in [-0.39, 0.29) is 18.2 Å². The number of nitrogens with one attached hydrogen (secondary N) is 2. The zero-order valence-electron chi connectivity index (χ0n) is 13.0. The molecule has 2 heterocycles. The Morgan fingerprint density at radius 1 is 0.714 bits per heavy atom. The molecule has 0 aromatic heterocycles. The average molecular weight is 298 g/mol. The number of likely N-dealkylation sites (N-methyl/N-ethyl adjacent to an activating group) is 2. The van der Waals surface area contributed by atoms with Crippen LogP contribution in [0.15, 0.2) is 0 Å². The van der Waals surface area contributed by atoms with Gasteiger partial charge in [0, 0.05) is 52.4 Å². The monoisotopic (exact) mass is 298 g/mol. The maximum absolute atomic E-state index is 11.8. The van der Waals surface area contributed by atoms with Gasteiger partial charge in [0.25, 0.3) is 0 Å². The molecule has 2 fully saturated rings. The minimum absolute atomic E-state index is 0.126. The third kappa shape index (κ3) is 5.58. The molecule has 2 amide bonds. The Hall–Kier alpha value is -1.22. The molecule has 120 valence electrons. The second kappa shape index (κ2) is 7.69. The molecule has 0 aliphatic carbocycles. The first-order valence-corrected chi connectivity index (χ1v) is 7.49. The predicted molar refractivity (Wildman–Crippen MR) is 79.0 cm³/mol. The highest BCUT2D eigenvalue weighted by Crippen LogP contribution is 1.98. The summed E-state index contributed by atoms with van der Waals surface area (Å²) in [6.45, 7) is 6.87. The largest absolute Gasteiger partial charge is 0.304 e. The van der Waals surface area contributed by atoms with Crippen LogP contribution >= 0.6 is 0 Å². The van der Waals surface area contributed by atoms with E-state index >= 15 is 0 Å². The Labute approximate surface area is 126 Å². The minimum Gasteiger partial charge on any atom is -0.304 e. The van der Waals surface area contributed by atoms with Crippen molar-refractivity contribution in [3.05, 3.63) is 0 Å². The van der Waals surface area contributed by atoms with Gasteiger partial charge in [-0.05, 0) is 14.1 Å². The van der Waals surface area contributed by atoms with E-state index in [1.54, 1.807) is 0 Å². The van der Waals surface area contributed by atoms with Gasteiger partial charge in [0.1, 0.15) is 6.42 Å². The van der Waals surface area contributed by atoms with E-state index in [2.05, 4.69) is 34.7 Å². The van der Waals surface area contributed by atoms with Crippen LogP contribution in [-0.4, -0.2) is 98.1 Å². The van der Waals surface area contributed by atoms with Crippen LogP contribution in [0, 0.1) is 0 Å². The molecule has 8 heteroatoms. The van der Waals surface area contributed by atoms with Gasteiger partial charge in [0.05, 0.1) is 0 Å². The van der Waals surface area contributed by atoms with Crippen molar-refractivity contribution >= 4 is 11.8 Å². The zero-order valence-corrected chi connectivity index (χ0v) is 13.0. The summed E-state index contributed by atoms with van der Waals surface area (Å²) in [5.74, 6) is -0.489. The van der Waals surface area contributed by atoms with Crippen LogP contribution in [0.4, 0.5) is 0 Å². The molecule has 8 nitrogen and oxygen atoms in total. The number of carbonyl (C=O) groups is 2. The van der Waals surface area contributed by atoms with Gasteiger partial charge in [-0.1, -0.05) is 0 Å². The highest BCUT2D eigenvalue weighted by atomic mass is 16.2. The molecule has 2 aliphatic heterocycles. The summed E-state index contributed by atoms with van der Waals surface area (Å²) in [7, 11) is 4.12. The number of hydrogen-bond acceptors (Lipinski definition) is 6. The first-order chi connectivity index (χ1) is 10.0. The first-order valence-electron chi connectivity index (χ1n) is 7.49. The van der Waals surface area contributed by atoms with Crippen molar-refractivity contribution in [2.45, 2.75) is 6.42 Å². The van der Waals surface area contributed by atoms with Crippen LogP contribution in [0.1, 0.15) is 6.42 Å². The highest BCUT2D eigenvalue weighted by Gasteiger charge is 2.19. The Balaban J connectivity index is 1.64. The van der Waals surface area contributed by atoms with Crippen molar-refractivity contribution in [3.8, 4) is 0 Å². The summed E-state index contributed by atoms with van der Waals surface area (Å²) in [4.78, 5) is 28.1. The van der Waals surface area contributed by atoms with Crippen molar-refractivity contribution < 1.29 is 9.59 Å². The SMILES string of the molecule is CN1CCN(NC(=O)CC(=O)NN2CCN(C)CC2)CC1. The summed E-state index contributed by atoms with van der Waals surface area (Å²) in [5.41, 5.74) is 5.59. The van der Waals surface area contributed by atoms with Gasteiger partial charge in [-0.3, -0.25) is 20.4 Å². The highest BCUT2D eigenvalue weighted by molar-refractivity contribution is 5.96. The molecule has 2 aliphatic rings. The lowest BCUT2D eigenvalue weighted by Gasteiger charge is -2.33. The van der Waals surface area contributed by atoms with E-state index in [1.807, 2.05) is 10.0 Å². The molecule has 0 atom stereocenters. The van der Waals surface area contributed by atoms with Crippen LogP contribution in [0.25, 0.3) is 0 Å². The van der Waals surface area contributed by atoms with Gasteiger partial charge in [-0.2, -0.15) is 0 Å². The molecule has 0 spiro atoms. The average Bonchev–Trinajstić information content (AvgIpc) is 2.44. The van der Waals surface area contributed by atoms with Gasteiger partial charge in [-0.25, -0.2) is 10.0 Å². The van der Waals surface area contributed by atoms with Gasteiger partial charge in [0.2, 0.25) is 11.8 Å². The van der Waals surface area contributed by atoms with Gasteiger partial charge >= 0.3 is 0 Å². The molecule has 21 heavy (non-hydrogen) atoms.